The number of pyridine rings is 1. The van der Waals surface area contributed by atoms with Gasteiger partial charge in [0.25, 0.3) is 5.56 Å². The van der Waals surface area contributed by atoms with Gasteiger partial charge in [-0.25, -0.2) is 4.39 Å². The van der Waals surface area contributed by atoms with E-state index in [2.05, 4.69) is 5.32 Å². The minimum Gasteiger partial charge on any atom is -0.489 e. The van der Waals surface area contributed by atoms with Crippen LogP contribution in [0.3, 0.4) is 0 Å². The summed E-state index contributed by atoms with van der Waals surface area (Å²) in [7, 11) is 0. The average Bonchev–Trinajstić information content (AvgIpc) is 3.28. The summed E-state index contributed by atoms with van der Waals surface area (Å²) in [6.45, 7) is 2.63. The Morgan fingerprint density at radius 3 is 2.43 bits per heavy atom. The maximum Gasteiger partial charge on any atom is 0.258 e. The Kier molecular flexibility index (Phi) is 6.57. The second kappa shape index (κ2) is 9.69. The van der Waals surface area contributed by atoms with Crippen LogP contribution in [0.4, 0.5) is 4.39 Å². The number of halogens is 1. The molecule has 1 N–H and O–H groups in total. The molecule has 30 heavy (non-hydrogen) atoms. The monoisotopic (exact) mass is 408 g/mol. The Hall–Kier alpha value is -2.96. The van der Waals surface area contributed by atoms with Gasteiger partial charge in [-0.3, -0.25) is 9.36 Å². The van der Waals surface area contributed by atoms with Crippen molar-refractivity contribution in [1.29, 1.82) is 0 Å². The van der Waals surface area contributed by atoms with E-state index in [0.29, 0.717) is 18.4 Å². The second-order valence-corrected chi connectivity index (χ2v) is 7.46. The molecule has 1 aliphatic heterocycles. The fraction of sp³-hybridized carbons (Fsp3) is 0.292. The summed E-state index contributed by atoms with van der Waals surface area (Å²) in [4.78, 5) is 12.5. The number of hydrogen-bond donors (Lipinski definition) is 1. The van der Waals surface area contributed by atoms with Crippen molar-refractivity contribution < 1.29 is 13.9 Å². The minimum atomic E-state index is -0.287. The zero-order chi connectivity index (χ0) is 20.8. The average molecular weight is 408 g/mol. The molecule has 1 aromatic heterocycles. The van der Waals surface area contributed by atoms with Gasteiger partial charge in [-0.15, -0.1) is 0 Å². The molecular weight excluding hydrogens is 383 g/mol. The SMILES string of the molecule is O=c1cc(OCc2ccc(F)cc2)ccn1-c1ccc(COC[C@H]2CCCN2)cc1. The predicted molar refractivity (Wildman–Crippen MR) is 113 cm³/mol. The van der Waals surface area contributed by atoms with Crippen molar-refractivity contribution in [3.05, 3.63) is 94.2 Å². The maximum atomic E-state index is 13.0. The Bertz CT molecular complexity index is 1010. The van der Waals surface area contributed by atoms with Crippen LogP contribution < -0.4 is 15.6 Å². The first-order chi connectivity index (χ1) is 14.7. The topological polar surface area (TPSA) is 52.5 Å². The molecule has 1 atom stereocenters. The van der Waals surface area contributed by atoms with Gasteiger partial charge >= 0.3 is 0 Å². The summed E-state index contributed by atoms with van der Waals surface area (Å²) in [5.74, 6) is 0.191. The third-order valence-electron chi connectivity index (χ3n) is 5.17. The van der Waals surface area contributed by atoms with Crippen LogP contribution >= 0.6 is 0 Å². The van der Waals surface area contributed by atoms with Gasteiger partial charge < -0.3 is 14.8 Å². The highest BCUT2D eigenvalue weighted by Gasteiger charge is 2.13. The number of benzene rings is 2. The minimum absolute atomic E-state index is 0.178. The van der Waals surface area contributed by atoms with Crippen LogP contribution in [0.5, 0.6) is 5.75 Å². The Morgan fingerprint density at radius 2 is 1.73 bits per heavy atom. The summed E-state index contributed by atoms with van der Waals surface area (Å²) in [6, 6.07) is 17.5. The van der Waals surface area contributed by atoms with Crippen LogP contribution in [0, 0.1) is 5.82 Å². The lowest BCUT2D eigenvalue weighted by molar-refractivity contribution is 0.103. The van der Waals surface area contributed by atoms with Gasteiger partial charge in [0.05, 0.1) is 13.2 Å². The zero-order valence-electron chi connectivity index (χ0n) is 16.7. The van der Waals surface area contributed by atoms with Crippen LogP contribution in [0.15, 0.2) is 71.7 Å². The van der Waals surface area contributed by atoms with Crippen molar-refractivity contribution in [3.63, 3.8) is 0 Å². The summed E-state index contributed by atoms with van der Waals surface area (Å²) in [6.07, 6.45) is 4.08. The number of ether oxygens (including phenoxy) is 2. The number of aromatic nitrogens is 1. The smallest absolute Gasteiger partial charge is 0.258 e. The van der Waals surface area contributed by atoms with E-state index in [9.17, 15) is 9.18 Å². The first kappa shape index (κ1) is 20.3. The molecule has 1 aliphatic rings. The summed E-state index contributed by atoms with van der Waals surface area (Å²) in [5.41, 5.74) is 2.51. The van der Waals surface area contributed by atoms with E-state index in [1.54, 1.807) is 29.0 Å². The predicted octanol–water partition coefficient (Wildman–Crippen LogP) is 3.82. The summed E-state index contributed by atoms with van der Waals surface area (Å²) >= 11 is 0. The van der Waals surface area contributed by atoms with Gasteiger partial charge in [-0.2, -0.15) is 0 Å². The maximum absolute atomic E-state index is 13.0. The van der Waals surface area contributed by atoms with E-state index in [1.165, 1.54) is 31.0 Å². The number of rotatable bonds is 8. The molecule has 156 valence electrons. The van der Waals surface area contributed by atoms with Crippen molar-refractivity contribution in [2.45, 2.75) is 32.1 Å². The Balaban J connectivity index is 1.34. The van der Waals surface area contributed by atoms with Crippen molar-refractivity contribution >= 4 is 0 Å². The standard InChI is InChI=1S/C24H25FN2O3/c25-20-7-3-19(4-8-20)16-30-23-11-13-27(24(28)14-23)22-9-5-18(6-10-22)15-29-17-21-2-1-12-26-21/h3-11,13-14,21,26H,1-2,12,15-17H2/t21-/m1/s1. The highest BCUT2D eigenvalue weighted by Crippen LogP contribution is 2.14. The second-order valence-electron chi connectivity index (χ2n) is 7.46. The van der Waals surface area contributed by atoms with E-state index in [-0.39, 0.29) is 18.0 Å². The molecule has 4 rings (SSSR count). The molecule has 6 heteroatoms. The Labute approximate surface area is 175 Å². The fourth-order valence-corrected chi connectivity index (χ4v) is 3.48. The van der Waals surface area contributed by atoms with Crippen LogP contribution in [0.25, 0.3) is 5.69 Å². The molecule has 0 saturated carbocycles. The van der Waals surface area contributed by atoms with Crippen LogP contribution in [-0.4, -0.2) is 23.8 Å². The molecule has 0 bridgehead atoms. The lowest BCUT2D eigenvalue weighted by Gasteiger charge is -2.12. The molecule has 0 unspecified atom stereocenters. The molecule has 1 saturated heterocycles. The molecular formula is C24H25FN2O3. The zero-order valence-corrected chi connectivity index (χ0v) is 16.7. The van der Waals surface area contributed by atoms with Crippen molar-refractivity contribution in [2.24, 2.45) is 0 Å². The molecule has 2 aromatic carbocycles. The van der Waals surface area contributed by atoms with Crippen LogP contribution in [-0.2, 0) is 18.0 Å². The quantitative estimate of drug-likeness (QED) is 0.616. The van der Waals surface area contributed by atoms with E-state index in [1.807, 2.05) is 24.3 Å². The first-order valence-electron chi connectivity index (χ1n) is 10.2. The molecule has 1 fully saturated rings. The lowest BCUT2D eigenvalue weighted by Crippen LogP contribution is -2.26. The summed E-state index contributed by atoms with van der Waals surface area (Å²) < 4.78 is 26.0. The molecule has 0 amide bonds. The van der Waals surface area contributed by atoms with Gasteiger partial charge in [0.15, 0.2) is 0 Å². The van der Waals surface area contributed by atoms with E-state index < -0.39 is 0 Å². The van der Waals surface area contributed by atoms with Gasteiger partial charge in [-0.1, -0.05) is 24.3 Å². The highest BCUT2D eigenvalue weighted by molar-refractivity contribution is 5.36. The van der Waals surface area contributed by atoms with Gasteiger partial charge in [0, 0.05) is 24.0 Å². The van der Waals surface area contributed by atoms with Gasteiger partial charge in [0.1, 0.15) is 18.2 Å². The Morgan fingerprint density at radius 1 is 1.00 bits per heavy atom. The van der Waals surface area contributed by atoms with Crippen molar-refractivity contribution in [1.82, 2.24) is 9.88 Å². The van der Waals surface area contributed by atoms with E-state index in [4.69, 9.17) is 9.47 Å². The molecule has 0 radical (unpaired) electrons. The van der Waals surface area contributed by atoms with Gasteiger partial charge in [0.2, 0.25) is 0 Å². The molecule has 0 aliphatic carbocycles. The number of nitrogens with one attached hydrogen (secondary N) is 1. The first-order valence-corrected chi connectivity index (χ1v) is 10.2. The molecule has 2 heterocycles. The molecule has 3 aromatic rings. The molecule has 0 spiro atoms. The summed E-state index contributed by atoms with van der Waals surface area (Å²) in [5, 5.41) is 3.42. The van der Waals surface area contributed by atoms with Crippen molar-refractivity contribution in [2.75, 3.05) is 13.2 Å². The van der Waals surface area contributed by atoms with Crippen LogP contribution in [0.2, 0.25) is 0 Å². The fourth-order valence-electron chi connectivity index (χ4n) is 3.48. The van der Waals surface area contributed by atoms with Crippen LogP contribution in [0.1, 0.15) is 24.0 Å². The normalized spacial score (nSPS) is 16.0. The highest BCUT2D eigenvalue weighted by atomic mass is 19.1. The number of nitrogens with zero attached hydrogens (tertiary/aromatic N) is 1. The van der Waals surface area contributed by atoms with E-state index in [0.717, 1.165) is 30.0 Å². The largest absolute Gasteiger partial charge is 0.489 e. The lowest BCUT2D eigenvalue weighted by atomic mass is 10.2. The third-order valence-corrected chi connectivity index (χ3v) is 5.17. The van der Waals surface area contributed by atoms with Crippen molar-refractivity contribution in [3.8, 4) is 11.4 Å². The van der Waals surface area contributed by atoms with E-state index >= 15 is 0 Å². The van der Waals surface area contributed by atoms with Gasteiger partial charge in [-0.05, 0) is 60.8 Å². The third kappa shape index (κ3) is 5.34. The molecule has 5 nitrogen and oxygen atoms in total. The number of hydrogen-bond acceptors (Lipinski definition) is 4.